The van der Waals surface area contributed by atoms with E-state index in [1.807, 2.05) is 109 Å². The van der Waals surface area contributed by atoms with Crippen LogP contribution in [0.25, 0.3) is 22.8 Å². The lowest BCUT2D eigenvalue weighted by Gasteiger charge is -2.30. The molecule has 4 amide bonds. The highest BCUT2D eigenvalue weighted by Gasteiger charge is 2.36. The number of imidazole rings is 2. The Hall–Kier alpha value is -5.38. The molecule has 15 nitrogen and oxygen atoms in total. The lowest BCUT2D eigenvalue weighted by Crippen LogP contribution is -2.53. The third kappa shape index (κ3) is 11.0. The first kappa shape index (κ1) is 47.0. The van der Waals surface area contributed by atoms with Gasteiger partial charge in [0.05, 0.1) is 11.4 Å². The second kappa shape index (κ2) is 20.4. The number of carbonyl (C=O) groups excluding carboxylic acids is 4. The molecule has 0 unspecified atom stereocenters. The zero-order chi connectivity index (χ0) is 42.1. The van der Waals surface area contributed by atoms with E-state index in [1.54, 1.807) is 14.1 Å². The predicted octanol–water partition coefficient (Wildman–Crippen LogP) is 3.67. The fourth-order valence-corrected chi connectivity index (χ4v) is 6.81. The van der Waals surface area contributed by atoms with Crippen molar-refractivity contribution in [2.24, 2.45) is 10.8 Å². The van der Waals surface area contributed by atoms with E-state index in [0.717, 1.165) is 67.5 Å². The lowest BCUT2D eigenvalue weighted by atomic mass is 9.86. The first-order valence-electron chi connectivity index (χ1n) is 19.2. The number of fused-ring (bicyclic) bond motifs is 2. The first-order chi connectivity index (χ1) is 27.0. The molecule has 4 aromatic rings. The van der Waals surface area contributed by atoms with Gasteiger partial charge in [-0.05, 0) is 17.9 Å². The normalized spacial score (nSPS) is 14.6. The number of aliphatic hydroxyl groups excluding tert-OH is 1. The topological polar surface area (TPSA) is 188 Å². The van der Waals surface area contributed by atoms with E-state index in [-0.39, 0.29) is 31.1 Å². The van der Waals surface area contributed by atoms with Crippen molar-refractivity contribution in [1.82, 2.24) is 50.6 Å². The molecule has 58 heavy (non-hydrogen) atoms. The Balaban J connectivity index is 0.000000293. The van der Waals surface area contributed by atoms with Gasteiger partial charge in [-0.2, -0.15) is 0 Å². The minimum Gasteiger partial charge on any atom is -0.400 e. The molecular weight excluding hydrogens is 737 g/mol. The summed E-state index contributed by atoms with van der Waals surface area (Å²) in [5.74, 6) is 0.503. The Morgan fingerprint density at radius 3 is 1.50 bits per heavy atom. The van der Waals surface area contributed by atoms with E-state index < -0.39 is 22.9 Å². The van der Waals surface area contributed by atoms with Crippen molar-refractivity contribution in [1.29, 1.82) is 0 Å². The van der Waals surface area contributed by atoms with Crippen LogP contribution in [0, 0.1) is 10.8 Å². The van der Waals surface area contributed by atoms with Crippen molar-refractivity contribution in [3.63, 3.8) is 0 Å². The molecule has 2 atom stereocenters. The van der Waals surface area contributed by atoms with Crippen molar-refractivity contribution < 1.29 is 24.3 Å². The summed E-state index contributed by atoms with van der Waals surface area (Å²) >= 11 is 0. The van der Waals surface area contributed by atoms with E-state index in [2.05, 4.69) is 45.6 Å². The minimum atomic E-state index is -0.649. The molecule has 2 aromatic heterocycles. The maximum absolute atomic E-state index is 13.2. The highest BCUT2D eigenvalue weighted by Crippen LogP contribution is 2.28. The smallest absolute Gasteiger partial charge is 0.272 e. The molecule has 4 heterocycles. The number of benzene rings is 2. The molecule has 6 N–H and O–H groups in total. The molecule has 2 aliphatic heterocycles. The number of amides is 4. The van der Waals surface area contributed by atoms with Crippen LogP contribution in [0.3, 0.4) is 0 Å². The van der Waals surface area contributed by atoms with Gasteiger partial charge in [-0.25, -0.2) is 9.97 Å². The van der Waals surface area contributed by atoms with Gasteiger partial charge < -0.3 is 40.8 Å². The second-order valence-corrected chi connectivity index (χ2v) is 16.2. The molecule has 0 spiro atoms. The van der Waals surface area contributed by atoms with Crippen LogP contribution in [0.4, 0.5) is 0 Å². The van der Waals surface area contributed by atoms with Gasteiger partial charge in [-0.3, -0.25) is 24.1 Å². The standard InChI is InChI=1S/C21H29N5O2.C20H27N5O2.CH4O.CH4/c1-21(2,3)17(20(28)22-4)24-19(27)16-15-13-25(5)11-12-26(15)18(23-16)14-9-7-6-8-10-14;1-20(2,3)16(19(27)21-4)24-18(26)15-14-12-22-10-11-25(14)17(23-15)13-8-6-5-7-9-13;1-2;/h6-10,17H,11-13H2,1-5H3,(H,22,28)(H,24,27);5-9,16,22H,10-12H2,1-4H3,(H,21,27)(H,24,26);2H,1H3;1H4/t17-;16-;;/m00../s1. The van der Waals surface area contributed by atoms with Crippen LogP contribution in [0.15, 0.2) is 60.7 Å². The number of nitrogens with one attached hydrogen (secondary N) is 5. The summed E-state index contributed by atoms with van der Waals surface area (Å²) in [6.45, 7) is 16.0. The molecule has 2 aliphatic rings. The third-order valence-corrected chi connectivity index (χ3v) is 9.87. The molecule has 0 saturated heterocycles. The Labute approximate surface area is 343 Å². The van der Waals surface area contributed by atoms with E-state index in [9.17, 15) is 19.2 Å². The fourth-order valence-electron chi connectivity index (χ4n) is 6.81. The number of rotatable bonds is 8. The van der Waals surface area contributed by atoms with Crippen molar-refractivity contribution >= 4 is 23.6 Å². The number of carbonyl (C=O) groups is 4. The Bertz CT molecular complexity index is 1990. The largest absolute Gasteiger partial charge is 0.400 e. The van der Waals surface area contributed by atoms with Gasteiger partial charge in [-0.15, -0.1) is 0 Å². The minimum absolute atomic E-state index is 0. The van der Waals surface area contributed by atoms with Gasteiger partial charge in [0.1, 0.15) is 23.7 Å². The first-order valence-corrected chi connectivity index (χ1v) is 19.2. The van der Waals surface area contributed by atoms with Gasteiger partial charge in [0.25, 0.3) is 11.8 Å². The summed E-state index contributed by atoms with van der Waals surface area (Å²) in [7, 11) is 6.18. The van der Waals surface area contributed by atoms with Gasteiger partial charge >= 0.3 is 0 Å². The van der Waals surface area contributed by atoms with Gasteiger partial charge in [-0.1, -0.05) is 110 Å². The molecule has 0 radical (unpaired) electrons. The van der Waals surface area contributed by atoms with Crippen LogP contribution >= 0.6 is 0 Å². The highest BCUT2D eigenvalue weighted by molar-refractivity contribution is 5.98. The summed E-state index contributed by atoms with van der Waals surface area (Å²) in [6.07, 6.45) is 0. The molecule has 316 valence electrons. The average Bonchev–Trinajstić information content (AvgIpc) is 3.78. The molecule has 0 bridgehead atoms. The molecule has 0 fully saturated rings. The van der Waals surface area contributed by atoms with Crippen LogP contribution in [-0.2, 0) is 35.8 Å². The van der Waals surface area contributed by atoms with Crippen LogP contribution in [0.1, 0.15) is 81.3 Å². The Morgan fingerprint density at radius 1 is 0.672 bits per heavy atom. The lowest BCUT2D eigenvalue weighted by molar-refractivity contribution is -0.125. The SMILES string of the molecule is C.CNC(=O)[C@H](NC(=O)c1nc(-c2ccccc2)n2c1CN(C)CC2)C(C)(C)C.CNC(=O)[C@H](NC(=O)c1nc(-c2ccccc2)n2c1CNCC2)C(C)(C)C.CO. The number of aromatic nitrogens is 4. The van der Waals surface area contributed by atoms with Crippen LogP contribution < -0.4 is 26.6 Å². The maximum Gasteiger partial charge on any atom is 0.272 e. The van der Waals surface area contributed by atoms with E-state index in [1.165, 1.54) is 0 Å². The summed E-state index contributed by atoms with van der Waals surface area (Å²) in [4.78, 5) is 62.4. The summed E-state index contributed by atoms with van der Waals surface area (Å²) in [5.41, 5.74) is 3.61. The van der Waals surface area contributed by atoms with Crippen LogP contribution in [0.5, 0.6) is 0 Å². The van der Waals surface area contributed by atoms with Crippen LogP contribution in [0.2, 0.25) is 0 Å². The molecule has 0 aliphatic carbocycles. The highest BCUT2D eigenvalue weighted by atomic mass is 16.2. The van der Waals surface area contributed by atoms with Gasteiger partial charge in [0.2, 0.25) is 11.8 Å². The molecular formula is C43H64N10O5. The molecule has 6 rings (SSSR count). The van der Waals surface area contributed by atoms with Gasteiger partial charge in [0.15, 0.2) is 11.4 Å². The second-order valence-electron chi connectivity index (χ2n) is 16.2. The Morgan fingerprint density at radius 2 is 1.09 bits per heavy atom. The molecule has 2 aromatic carbocycles. The van der Waals surface area contributed by atoms with Gasteiger partial charge in [0, 0.05) is 71.6 Å². The number of nitrogens with zero attached hydrogens (tertiary/aromatic N) is 5. The summed E-state index contributed by atoms with van der Waals surface area (Å²) in [6, 6.07) is 18.4. The summed E-state index contributed by atoms with van der Waals surface area (Å²) in [5, 5.41) is 21.4. The van der Waals surface area contributed by atoms with Crippen molar-refractivity contribution in [2.75, 3.05) is 41.3 Å². The zero-order valence-corrected chi connectivity index (χ0v) is 35.0. The number of hydrogen-bond donors (Lipinski definition) is 6. The predicted molar refractivity (Wildman–Crippen MR) is 228 cm³/mol. The van der Waals surface area contributed by atoms with Crippen molar-refractivity contribution in [2.45, 2.75) is 87.2 Å². The van der Waals surface area contributed by atoms with Crippen molar-refractivity contribution in [3.8, 4) is 22.8 Å². The number of aliphatic hydroxyl groups is 1. The van der Waals surface area contributed by atoms with Crippen molar-refractivity contribution in [3.05, 3.63) is 83.4 Å². The van der Waals surface area contributed by atoms with E-state index in [0.29, 0.717) is 24.5 Å². The van der Waals surface area contributed by atoms with E-state index >= 15 is 0 Å². The monoisotopic (exact) mass is 801 g/mol. The maximum atomic E-state index is 13.2. The fraction of sp³-hybridized carbons (Fsp3) is 0.488. The molecule has 0 saturated carbocycles. The average molecular weight is 801 g/mol. The third-order valence-electron chi connectivity index (χ3n) is 9.87. The van der Waals surface area contributed by atoms with Crippen LogP contribution in [-0.4, -0.2) is 106 Å². The molecule has 15 heteroatoms. The quantitative estimate of drug-likeness (QED) is 0.155. The Kier molecular flexibility index (Phi) is 16.5. The summed E-state index contributed by atoms with van der Waals surface area (Å²) < 4.78 is 4.21. The number of hydrogen-bond acceptors (Lipinski definition) is 9. The zero-order valence-electron chi connectivity index (χ0n) is 35.0. The van der Waals surface area contributed by atoms with E-state index in [4.69, 9.17) is 10.1 Å². The number of likely N-dealkylation sites (N-methyl/N-ethyl adjacent to an activating group) is 3.